The first-order valence-electron chi connectivity index (χ1n) is 12.1. The number of fused-ring (bicyclic) bond motifs is 1. The van der Waals surface area contributed by atoms with Crippen LogP contribution in [0, 0.1) is 5.82 Å². The second-order valence-electron chi connectivity index (χ2n) is 9.37. The Kier molecular flexibility index (Phi) is 5.57. The number of ether oxygens (including phenoxy) is 2. The van der Waals surface area contributed by atoms with E-state index in [1.165, 1.54) is 10.7 Å². The van der Waals surface area contributed by atoms with E-state index >= 15 is 4.39 Å². The van der Waals surface area contributed by atoms with E-state index in [9.17, 15) is 9.59 Å². The Bertz CT molecular complexity index is 1320. The summed E-state index contributed by atoms with van der Waals surface area (Å²) in [5.74, 6) is 0.186. The monoisotopic (exact) mass is 495 g/mol. The van der Waals surface area contributed by atoms with Crippen molar-refractivity contribution in [2.24, 2.45) is 0 Å². The summed E-state index contributed by atoms with van der Waals surface area (Å²) in [4.78, 5) is 38.2. The highest BCUT2D eigenvalue weighted by Crippen LogP contribution is 2.35. The summed E-state index contributed by atoms with van der Waals surface area (Å²) in [5.41, 5.74) is 1.96. The number of hydrogen-bond donors (Lipinski definition) is 0. The predicted molar refractivity (Wildman–Crippen MR) is 126 cm³/mol. The van der Waals surface area contributed by atoms with Crippen LogP contribution in [0.3, 0.4) is 0 Å². The molecule has 0 radical (unpaired) electrons. The third kappa shape index (κ3) is 4.27. The minimum atomic E-state index is -0.499. The number of hydrogen-bond acceptors (Lipinski definition) is 8. The van der Waals surface area contributed by atoms with Crippen LogP contribution in [-0.4, -0.2) is 93.4 Å². The Morgan fingerprint density at radius 2 is 1.94 bits per heavy atom. The average molecular weight is 496 g/mol. The molecular weight excluding hydrogens is 469 g/mol. The normalized spacial score (nSPS) is 20.3. The average Bonchev–Trinajstić information content (AvgIpc) is 3.51. The lowest BCUT2D eigenvalue weighted by atomic mass is 10.1. The molecule has 0 N–H and O–H groups in total. The van der Waals surface area contributed by atoms with Crippen LogP contribution in [0.2, 0.25) is 0 Å². The molecule has 11 nitrogen and oxygen atoms in total. The van der Waals surface area contributed by atoms with Crippen LogP contribution in [0.25, 0.3) is 16.8 Å². The molecule has 1 aliphatic carbocycles. The number of aromatic nitrogens is 4. The standard InChI is InChI=1S/C24H26FN7O4/c1-29-13-16(11-20(29)33)36-24(34)31-9-7-30(8-10-31)22-19(25)14-32-21(28-22)18(12-27-32)17-3-2-6-26-23(17)35-15-4-5-15/h2-3,6,12,14-16H,4-5,7-11,13H2,1H3/t16-/m0/s1. The third-order valence-corrected chi connectivity index (χ3v) is 6.70. The van der Waals surface area contributed by atoms with E-state index in [2.05, 4.69) is 15.1 Å². The molecule has 1 atom stereocenters. The molecule has 2 aliphatic heterocycles. The van der Waals surface area contributed by atoms with Crippen molar-refractivity contribution in [2.45, 2.75) is 31.5 Å². The lowest BCUT2D eigenvalue weighted by Gasteiger charge is -2.35. The van der Waals surface area contributed by atoms with Crippen LogP contribution in [0.15, 0.2) is 30.7 Å². The molecule has 3 aliphatic rings. The summed E-state index contributed by atoms with van der Waals surface area (Å²) < 4.78 is 27.9. The highest BCUT2D eigenvalue weighted by molar-refractivity contribution is 5.81. The van der Waals surface area contributed by atoms with Gasteiger partial charge in [-0.1, -0.05) is 0 Å². The summed E-state index contributed by atoms with van der Waals surface area (Å²) in [5, 5.41) is 4.29. The first kappa shape index (κ1) is 22.5. The van der Waals surface area contributed by atoms with E-state index < -0.39 is 18.0 Å². The van der Waals surface area contributed by atoms with E-state index in [1.54, 1.807) is 29.2 Å². The topological polar surface area (TPSA) is 105 Å². The summed E-state index contributed by atoms with van der Waals surface area (Å²) >= 11 is 0. The SMILES string of the molecule is CN1C[C@@H](OC(=O)N2CCN(c3nc4c(-c5cccnc5OC5CC5)cnn4cc3F)CC2)CC1=O. The maximum atomic E-state index is 15.0. The Hall–Kier alpha value is -3.96. The van der Waals surface area contributed by atoms with Crippen molar-refractivity contribution in [3.63, 3.8) is 0 Å². The Balaban J connectivity index is 1.18. The van der Waals surface area contributed by atoms with Gasteiger partial charge in [-0.15, -0.1) is 0 Å². The van der Waals surface area contributed by atoms with Gasteiger partial charge in [-0.25, -0.2) is 23.7 Å². The Morgan fingerprint density at radius 1 is 1.14 bits per heavy atom. The van der Waals surface area contributed by atoms with E-state index in [0.717, 1.165) is 18.4 Å². The fraction of sp³-hybridized carbons (Fsp3) is 0.458. The number of anilines is 1. The first-order chi connectivity index (χ1) is 17.5. The molecule has 6 rings (SSSR count). The molecule has 0 spiro atoms. The number of rotatable bonds is 5. The Morgan fingerprint density at radius 3 is 2.67 bits per heavy atom. The van der Waals surface area contributed by atoms with Gasteiger partial charge in [0.25, 0.3) is 0 Å². The zero-order valence-electron chi connectivity index (χ0n) is 19.8. The van der Waals surface area contributed by atoms with E-state index in [0.29, 0.717) is 49.8 Å². The van der Waals surface area contributed by atoms with Crippen LogP contribution < -0.4 is 9.64 Å². The van der Waals surface area contributed by atoms with E-state index in [-0.39, 0.29) is 24.2 Å². The van der Waals surface area contributed by atoms with Gasteiger partial charge >= 0.3 is 6.09 Å². The second kappa shape index (κ2) is 8.92. The Labute approximate surface area is 206 Å². The van der Waals surface area contributed by atoms with Crippen LogP contribution >= 0.6 is 0 Å². The quantitative estimate of drug-likeness (QED) is 0.529. The van der Waals surface area contributed by atoms with Gasteiger partial charge in [0.05, 0.1) is 30.9 Å². The number of pyridine rings is 1. The number of halogens is 1. The molecule has 3 fully saturated rings. The van der Waals surface area contributed by atoms with Crippen LogP contribution in [0.5, 0.6) is 5.88 Å². The van der Waals surface area contributed by atoms with Crippen molar-refractivity contribution < 1.29 is 23.5 Å². The number of carbonyl (C=O) groups excluding carboxylic acids is 2. The summed E-state index contributed by atoms with van der Waals surface area (Å²) in [7, 11) is 1.69. The molecule has 2 amide bonds. The van der Waals surface area contributed by atoms with Crippen molar-refractivity contribution in [1.29, 1.82) is 0 Å². The zero-order chi connectivity index (χ0) is 24.8. The van der Waals surface area contributed by atoms with Crippen molar-refractivity contribution in [3.8, 4) is 17.0 Å². The molecule has 12 heteroatoms. The number of likely N-dealkylation sites (tertiary alicyclic amines) is 1. The minimum Gasteiger partial charge on any atom is -0.474 e. The number of piperazine rings is 1. The lowest BCUT2D eigenvalue weighted by Crippen LogP contribution is -2.50. The number of likely N-dealkylation sites (N-methyl/N-ethyl adjacent to an activating group) is 1. The number of amides is 2. The molecule has 1 saturated carbocycles. The fourth-order valence-electron chi connectivity index (χ4n) is 4.55. The van der Waals surface area contributed by atoms with Crippen LogP contribution in [-0.2, 0) is 9.53 Å². The van der Waals surface area contributed by atoms with Crippen molar-refractivity contribution in [3.05, 3.63) is 36.5 Å². The van der Waals surface area contributed by atoms with Crippen molar-refractivity contribution >= 4 is 23.5 Å². The molecule has 188 valence electrons. The molecule has 36 heavy (non-hydrogen) atoms. The molecule has 0 aromatic carbocycles. The lowest BCUT2D eigenvalue weighted by molar-refractivity contribution is -0.126. The molecular formula is C24H26FN7O4. The smallest absolute Gasteiger partial charge is 0.410 e. The summed E-state index contributed by atoms with van der Waals surface area (Å²) in [6.07, 6.45) is 6.14. The molecule has 3 aromatic rings. The van der Waals surface area contributed by atoms with Crippen molar-refractivity contribution in [1.82, 2.24) is 29.4 Å². The second-order valence-corrected chi connectivity index (χ2v) is 9.37. The molecule has 0 bridgehead atoms. The van der Waals surface area contributed by atoms with Gasteiger partial charge in [0.15, 0.2) is 17.3 Å². The van der Waals surface area contributed by atoms with E-state index in [4.69, 9.17) is 9.47 Å². The summed E-state index contributed by atoms with van der Waals surface area (Å²) in [6.45, 7) is 1.90. The maximum absolute atomic E-state index is 15.0. The van der Waals surface area contributed by atoms with Gasteiger partial charge in [0.2, 0.25) is 11.8 Å². The summed E-state index contributed by atoms with van der Waals surface area (Å²) in [6, 6.07) is 3.72. The van der Waals surface area contributed by atoms with Gasteiger partial charge < -0.3 is 24.2 Å². The highest BCUT2D eigenvalue weighted by Gasteiger charge is 2.33. The minimum absolute atomic E-state index is 0.0358. The number of nitrogens with zero attached hydrogens (tertiary/aromatic N) is 7. The van der Waals surface area contributed by atoms with Crippen molar-refractivity contribution in [2.75, 3.05) is 44.7 Å². The van der Waals surface area contributed by atoms with Gasteiger partial charge in [-0.2, -0.15) is 5.10 Å². The molecule has 2 saturated heterocycles. The third-order valence-electron chi connectivity index (χ3n) is 6.70. The maximum Gasteiger partial charge on any atom is 0.410 e. The number of carbonyl (C=O) groups is 2. The fourth-order valence-corrected chi connectivity index (χ4v) is 4.55. The van der Waals surface area contributed by atoms with E-state index in [1.807, 2.05) is 17.0 Å². The zero-order valence-corrected chi connectivity index (χ0v) is 19.8. The molecule has 5 heterocycles. The molecule has 3 aromatic heterocycles. The first-order valence-corrected chi connectivity index (χ1v) is 12.1. The van der Waals surface area contributed by atoms with Gasteiger partial charge in [0.1, 0.15) is 12.2 Å². The van der Waals surface area contributed by atoms with Crippen LogP contribution in [0.4, 0.5) is 15.0 Å². The van der Waals surface area contributed by atoms with Gasteiger partial charge in [0, 0.05) is 45.0 Å². The predicted octanol–water partition coefficient (Wildman–Crippen LogP) is 1.96. The largest absolute Gasteiger partial charge is 0.474 e. The van der Waals surface area contributed by atoms with Gasteiger partial charge in [-0.3, -0.25) is 4.79 Å². The van der Waals surface area contributed by atoms with Crippen LogP contribution in [0.1, 0.15) is 19.3 Å². The van der Waals surface area contributed by atoms with Gasteiger partial charge in [-0.05, 0) is 25.0 Å². The highest BCUT2D eigenvalue weighted by atomic mass is 19.1. The molecule has 0 unspecified atom stereocenters.